The first kappa shape index (κ1) is 13.0. The molecule has 0 unspecified atom stereocenters. The molecule has 90 valence electrons. The van der Waals surface area contributed by atoms with Gasteiger partial charge in [-0.3, -0.25) is 0 Å². The van der Waals surface area contributed by atoms with Gasteiger partial charge in [-0.25, -0.2) is 0 Å². The van der Waals surface area contributed by atoms with Crippen LogP contribution in [0.5, 0.6) is 0 Å². The Morgan fingerprint density at radius 1 is 1.27 bits per heavy atom. The van der Waals surface area contributed by atoms with Gasteiger partial charge in [0.2, 0.25) is 0 Å². The van der Waals surface area contributed by atoms with Crippen molar-refractivity contribution < 1.29 is 0 Å². The molecule has 2 heteroatoms. The summed E-state index contributed by atoms with van der Waals surface area (Å²) in [6.45, 7) is 10.3. The summed E-state index contributed by atoms with van der Waals surface area (Å²) in [6.07, 6.45) is 6.66. The Bertz CT molecular complexity index is 173. The molecular weight excluding hydrogens is 184 g/mol. The summed E-state index contributed by atoms with van der Waals surface area (Å²) >= 11 is 0. The second kappa shape index (κ2) is 5.86. The topological polar surface area (TPSA) is 29.3 Å². The van der Waals surface area contributed by atoms with Crippen LogP contribution in [0.1, 0.15) is 52.9 Å². The number of rotatable bonds is 8. The summed E-state index contributed by atoms with van der Waals surface area (Å²) in [5.41, 5.74) is 6.06. The third kappa shape index (κ3) is 4.98. The van der Waals surface area contributed by atoms with Crippen LogP contribution in [0.4, 0.5) is 0 Å². The van der Waals surface area contributed by atoms with Gasteiger partial charge in [-0.1, -0.05) is 20.8 Å². The van der Waals surface area contributed by atoms with Crippen LogP contribution in [0.15, 0.2) is 0 Å². The van der Waals surface area contributed by atoms with Gasteiger partial charge in [0.25, 0.3) is 0 Å². The van der Waals surface area contributed by atoms with E-state index in [-0.39, 0.29) is 0 Å². The fraction of sp³-hybridized carbons (Fsp3) is 1.00. The number of hydrogen-bond donors (Lipinski definition) is 1. The van der Waals surface area contributed by atoms with E-state index in [0.29, 0.717) is 5.41 Å². The molecule has 15 heavy (non-hydrogen) atoms. The minimum Gasteiger partial charge on any atom is -0.330 e. The van der Waals surface area contributed by atoms with Gasteiger partial charge in [0.15, 0.2) is 0 Å². The van der Waals surface area contributed by atoms with Crippen LogP contribution in [-0.2, 0) is 0 Å². The lowest BCUT2D eigenvalue weighted by molar-refractivity contribution is 0.236. The lowest BCUT2D eigenvalue weighted by atomic mass is 9.84. The second-order valence-electron chi connectivity index (χ2n) is 5.67. The fourth-order valence-electron chi connectivity index (χ4n) is 2.32. The molecule has 0 spiro atoms. The SMILES string of the molecule is CCN(CCCC(C)(C)CCN)C1CC1. The normalized spacial score (nSPS) is 17.4. The van der Waals surface area contributed by atoms with Gasteiger partial charge in [0.05, 0.1) is 0 Å². The molecule has 0 saturated heterocycles. The van der Waals surface area contributed by atoms with Crippen LogP contribution in [0.3, 0.4) is 0 Å². The molecule has 2 nitrogen and oxygen atoms in total. The van der Waals surface area contributed by atoms with Gasteiger partial charge in [0.1, 0.15) is 0 Å². The van der Waals surface area contributed by atoms with Crippen molar-refractivity contribution in [3.8, 4) is 0 Å². The molecule has 0 aliphatic heterocycles. The molecular formula is C13H28N2. The highest BCUT2D eigenvalue weighted by Gasteiger charge is 2.27. The monoisotopic (exact) mass is 212 g/mol. The maximum atomic E-state index is 5.62. The smallest absolute Gasteiger partial charge is 0.00963 e. The van der Waals surface area contributed by atoms with Gasteiger partial charge < -0.3 is 10.6 Å². The third-order valence-corrected chi connectivity index (χ3v) is 3.59. The van der Waals surface area contributed by atoms with Crippen LogP contribution >= 0.6 is 0 Å². The molecule has 0 heterocycles. The largest absolute Gasteiger partial charge is 0.330 e. The molecule has 0 aromatic rings. The van der Waals surface area contributed by atoms with E-state index >= 15 is 0 Å². The van der Waals surface area contributed by atoms with Crippen LogP contribution in [0.25, 0.3) is 0 Å². The van der Waals surface area contributed by atoms with Crippen molar-refractivity contribution in [3.63, 3.8) is 0 Å². The highest BCUT2D eigenvalue weighted by molar-refractivity contribution is 4.84. The van der Waals surface area contributed by atoms with E-state index in [0.717, 1.165) is 19.0 Å². The van der Waals surface area contributed by atoms with E-state index in [1.165, 1.54) is 38.8 Å². The third-order valence-electron chi connectivity index (χ3n) is 3.59. The molecule has 0 bridgehead atoms. The lowest BCUT2D eigenvalue weighted by Crippen LogP contribution is -2.28. The first-order chi connectivity index (χ1) is 7.09. The van der Waals surface area contributed by atoms with Crippen LogP contribution in [0, 0.1) is 5.41 Å². The average Bonchev–Trinajstić information content (AvgIpc) is 2.95. The van der Waals surface area contributed by atoms with Crippen molar-refractivity contribution in [1.29, 1.82) is 0 Å². The standard InChI is InChI=1S/C13H28N2/c1-4-15(12-6-7-12)11-5-8-13(2,3)9-10-14/h12H,4-11,14H2,1-3H3. The van der Waals surface area contributed by atoms with E-state index in [4.69, 9.17) is 5.73 Å². The predicted molar refractivity (Wildman–Crippen MR) is 67.0 cm³/mol. The summed E-state index contributed by atoms with van der Waals surface area (Å²) in [7, 11) is 0. The Morgan fingerprint density at radius 2 is 1.93 bits per heavy atom. The molecule has 0 atom stereocenters. The van der Waals surface area contributed by atoms with Gasteiger partial charge >= 0.3 is 0 Å². The molecule has 1 rings (SSSR count). The lowest BCUT2D eigenvalue weighted by Gasteiger charge is -2.26. The number of nitrogens with two attached hydrogens (primary N) is 1. The van der Waals surface area contributed by atoms with Crippen LogP contribution in [-0.4, -0.2) is 30.6 Å². The fourth-order valence-corrected chi connectivity index (χ4v) is 2.32. The highest BCUT2D eigenvalue weighted by atomic mass is 15.2. The molecule has 0 aromatic heterocycles. The van der Waals surface area contributed by atoms with Crippen LogP contribution in [0.2, 0.25) is 0 Å². The predicted octanol–water partition coefficient (Wildman–Crippen LogP) is 2.63. The Kier molecular flexibility index (Phi) is 5.07. The summed E-state index contributed by atoms with van der Waals surface area (Å²) in [5, 5.41) is 0. The van der Waals surface area contributed by atoms with E-state index in [9.17, 15) is 0 Å². The van der Waals surface area contributed by atoms with E-state index < -0.39 is 0 Å². The molecule has 1 saturated carbocycles. The van der Waals surface area contributed by atoms with Gasteiger partial charge in [-0.15, -0.1) is 0 Å². The molecule has 0 aromatic carbocycles. The summed E-state index contributed by atoms with van der Waals surface area (Å²) in [4.78, 5) is 2.64. The van der Waals surface area contributed by atoms with Crippen molar-refractivity contribution >= 4 is 0 Å². The molecule has 1 aliphatic carbocycles. The van der Waals surface area contributed by atoms with Gasteiger partial charge in [-0.2, -0.15) is 0 Å². The Morgan fingerprint density at radius 3 is 2.40 bits per heavy atom. The Balaban J connectivity index is 2.13. The van der Waals surface area contributed by atoms with Crippen molar-refractivity contribution in [3.05, 3.63) is 0 Å². The van der Waals surface area contributed by atoms with E-state index in [1.807, 2.05) is 0 Å². The summed E-state index contributed by atoms with van der Waals surface area (Å²) < 4.78 is 0. The zero-order chi connectivity index (χ0) is 11.3. The Labute approximate surface area is 95.2 Å². The molecule has 2 N–H and O–H groups in total. The quantitative estimate of drug-likeness (QED) is 0.670. The zero-order valence-corrected chi connectivity index (χ0v) is 10.8. The van der Waals surface area contributed by atoms with E-state index in [2.05, 4.69) is 25.7 Å². The van der Waals surface area contributed by atoms with Crippen molar-refractivity contribution in [2.75, 3.05) is 19.6 Å². The average molecular weight is 212 g/mol. The van der Waals surface area contributed by atoms with Gasteiger partial charge in [-0.05, 0) is 57.2 Å². The summed E-state index contributed by atoms with van der Waals surface area (Å²) in [5.74, 6) is 0. The van der Waals surface area contributed by atoms with Crippen molar-refractivity contribution in [1.82, 2.24) is 4.90 Å². The van der Waals surface area contributed by atoms with E-state index in [1.54, 1.807) is 0 Å². The minimum atomic E-state index is 0.442. The maximum Gasteiger partial charge on any atom is 0.00963 e. The molecule has 1 fully saturated rings. The number of nitrogens with zero attached hydrogens (tertiary/aromatic N) is 1. The summed E-state index contributed by atoms with van der Waals surface area (Å²) in [6, 6.07) is 0.924. The first-order valence-electron chi connectivity index (χ1n) is 6.53. The van der Waals surface area contributed by atoms with Crippen molar-refractivity contribution in [2.24, 2.45) is 11.1 Å². The minimum absolute atomic E-state index is 0.442. The van der Waals surface area contributed by atoms with Crippen LogP contribution < -0.4 is 5.73 Å². The van der Waals surface area contributed by atoms with Gasteiger partial charge in [0, 0.05) is 6.04 Å². The highest BCUT2D eigenvalue weighted by Crippen LogP contribution is 2.29. The number of hydrogen-bond acceptors (Lipinski definition) is 2. The van der Waals surface area contributed by atoms with Crippen molar-refractivity contribution in [2.45, 2.75) is 58.9 Å². The Hall–Kier alpha value is -0.0800. The molecule has 0 radical (unpaired) electrons. The second-order valence-corrected chi connectivity index (χ2v) is 5.67. The molecule has 0 amide bonds. The molecule has 1 aliphatic rings. The maximum absolute atomic E-state index is 5.62. The first-order valence-corrected chi connectivity index (χ1v) is 6.53. The zero-order valence-electron chi connectivity index (χ0n) is 10.8.